The maximum atomic E-state index is 12.6. The second-order valence-electron chi connectivity index (χ2n) is 27.4. The van der Waals surface area contributed by atoms with Gasteiger partial charge >= 0.3 is 5.97 Å². The van der Waals surface area contributed by atoms with Crippen LogP contribution in [0.3, 0.4) is 0 Å². The smallest absolute Gasteiger partial charge is 0.305 e. The van der Waals surface area contributed by atoms with Crippen molar-refractivity contribution in [3.05, 3.63) is 48.6 Å². The Balaban J connectivity index is 3.40. The number of aliphatic hydroxyl groups is 2. The molecule has 6 nitrogen and oxygen atoms in total. The molecular weight excluding hydrogens is 1080 g/mol. The lowest BCUT2D eigenvalue weighted by Gasteiger charge is -2.20. The fourth-order valence-electron chi connectivity index (χ4n) is 12.5. The van der Waals surface area contributed by atoms with Gasteiger partial charge in [-0.2, -0.15) is 0 Å². The number of hydrogen-bond acceptors (Lipinski definition) is 5. The maximum absolute atomic E-state index is 12.6. The molecule has 518 valence electrons. The number of rotatable bonds is 75. The standard InChI is InChI=1S/C82H155NO5/c1-3-5-7-9-11-13-15-17-18-19-20-21-22-36-39-42-45-48-51-54-58-62-66-70-74-80(85)79(78-84)83-81(86)75-71-67-63-59-55-52-49-46-43-40-37-34-32-30-28-26-24-23-25-27-29-31-33-35-38-41-44-47-50-53-57-61-65-69-73-77-88-82(87)76-72-68-64-60-56-16-14-12-10-8-6-4-2/h12,14,25,27,31,33,70,74,79-80,84-85H,3-11,13,15-24,26,28-30,32,34-69,71-73,75-78H2,1-2H3,(H,83,86)/b14-12-,27-25-,33-31-,74-70+. The molecule has 2 atom stereocenters. The second-order valence-corrected chi connectivity index (χ2v) is 27.4. The molecule has 6 heteroatoms. The first kappa shape index (κ1) is 85.8. The summed E-state index contributed by atoms with van der Waals surface area (Å²) < 4.78 is 5.48. The van der Waals surface area contributed by atoms with Crippen LogP contribution in [-0.2, 0) is 14.3 Å². The number of nitrogens with one attached hydrogen (secondary N) is 1. The summed E-state index contributed by atoms with van der Waals surface area (Å²) in [6, 6.07) is -0.628. The molecule has 0 fully saturated rings. The maximum Gasteiger partial charge on any atom is 0.305 e. The van der Waals surface area contributed by atoms with E-state index in [0.717, 1.165) is 51.4 Å². The summed E-state index contributed by atoms with van der Waals surface area (Å²) in [6.07, 6.45) is 102. The Morgan fingerprint density at radius 2 is 0.568 bits per heavy atom. The average Bonchev–Trinajstić information content (AvgIpc) is 3.54. The molecule has 0 heterocycles. The minimum Gasteiger partial charge on any atom is -0.466 e. The van der Waals surface area contributed by atoms with Crippen molar-refractivity contribution in [2.45, 2.75) is 450 Å². The number of unbranched alkanes of at least 4 members (excludes halogenated alkanes) is 58. The highest BCUT2D eigenvalue weighted by Crippen LogP contribution is 2.19. The first-order valence-electron chi connectivity index (χ1n) is 39.9. The van der Waals surface area contributed by atoms with Crippen LogP contribution in [0.1, 0.15) is 438 Å². The van der Waals surface area contributed by atoms with Crippen LogP contribution < -0.4 is 5.32 Å². The first-order valence-corrected chi connectivity index (χ1v) is 39.9. The third-order valence-electron chi connectivity index (χ3n) is 18.6. The van der Waals surface area contributed by atoms with Crippen LogP contribution in [0.4, 0.5) is 0 Å². The number of esters is 1. The predicted molar refractivity (Wildman–Crippen MR) is 389 cm³/mol. The molecule has 0 aliphatic carbocycles. The van der Waals surface area contributed by atoms with Crippen LogP contribution in [0.5, 0.6) is 0 Å². The molecule has 3 N–H and O–H groups in total. The Morgan fingerprint density at radius 1 is 0.318 bits per heavy atom. The molecule has 0 bridgehead atoms. The summed E-state index contributed by atoms with van der Waals surface area (Å²) >= 11 is 0. The third kappa shape index (κ3) is 72.9. The Labute approximate surface area is 550 Å². The van der Waals surface area contributed by atoms with E-state index in [0.29, 0.717) is 19.4 Å². The molecule has 1 amide bonds. The molecule has 0 radical (unpaired) electrons. The van der Waals surface area contributed by atoms with E-state index in [-0.39, 0.29) is 18.5 Å². The monoisotopic (exact) mass is 1230 g/mol. The summed E-state index contributed by atoms with van der Waals surface area (Å²) in [5, 5.41) is 23.3. The Bertz CT molecular complexity index is 1470. The molecule has 0 aromatic rings. The van der Waals surface area contributed by atoms with E-state index in [1.54, 1.807) is 6.08 Å². The van der Waals surface area contributed by atoms with Gasteiger partial charge in [0, 0.05) is 12.8 Å². The van der Waals surface area contributed by atoms with Gasteiger partial charge in [0.1, 0.15) is 0 Å². The minimum absolute atomic E-state index is 0.00677. The lowest BCUT2D eigenvalue weighted by molar-refractivity contribution is -0.143. The summed E-state index contributed by atoms with van der Waals surface area (Å²) in [7, 11) is 0. The average molecular weight is 1240 g/mol. The third-order valence-corrected chi connectivity index (χ3v) is 18.6. The molecule has 0 aromatic carbocycles. The fourth-order valence-corrected chi connectivity index (χ4v) is 12.5. The van der Waals surface area contributed by atoms with E-state index < -0.39 is 12.1 Å². The number of ether oxygens (including phenoxy) is 1. The Kier molecular flexibility index (Phi) is 75.4. The summed E-state index contributed by atoms with van der Waals surface area (Å²) in [4.78, 5) is 24.6. The molecule has 0 spiro atoms. The number of carbonyl (C=O) groups excluding carboxylic acids is 2. The zero-order chi connectivity index (χ0) is 63.5. The normalized spacial score (nSPS) is 12.7. The Morgan fingerprint density at radius 3 is 0.898 bits per heavy atom. The van der Waals surface area contributed by atoms with Crippen LogP contribution in [0.15, 0.2) is 48.6 Å². The zero-order valence-corrected chi connectivity index (χ0v) is 59.5. The topological polar surface area (TPSA) is 95.9 Å². The Hall–Kier alpha value is -2.18. The lowest BCUT2D eigenvalue weighted by atomic mass is 10.0. The molecule has 0 aliphatic rings. The van der Waals surface area contributed by atoms with E-state index in [1.807, 2.05) is 6.08 Å². The van der Waals surface area contributed by atoms with Crippen LogP contribution in [0.2, 0.25) is 0 Å². The van der Waals surface area contributed by atoms with Crippen LogP contribution in [-0.4, -0.2) is 47.4 Å². The summed E-state index contributed by atoms with van der Waals surface area (Å²) in [5.74, 6) is -0.0542. The molecule has 0 rings (SSSR count). The number of allylic oxidation sites excluding steroid dienone is 7. The van der Waals surface area contributed by atoms with Gasteiger partial charge in [0.05, 0.1) is 25.4 Å². The molecule has 2 unspecified atom stereocenters. The fraction of sp³-hybridized carbons (Fsp3) is 0.878. The van der Waals surface area contributed by atoms with Crippen molar-refractivity contribution in [1.29, 1.82) is 0 Å². The number of carbonyl (C=O) groups is 2. The second kappa shape index (κ2) is 77.3. The van der Waals surface area contributed by atoms with Gasteiger partial charge in [0.2, 0.25) is 5.91 Å². The first-order chi connectivity index (χ1) is 43.5. The van der Waals surface area contributed by atoms with Crippen molar-refractivity contribution >= 4 is 11.9 Å². The molecule has 0 saturated carbocycles. The van der Waals surface area contributed by atoms with Crippen molar-refractivity contribution in [1.82, 2.24) is 5.32 Å². The predicted octanol–water partition coefficient (Wildman–Crippen LogP) is 26.4. The van der Waals surface area contributed by atoms with Crippen molar-refractivity contribution in [3.8, 4) is 0 Å². The van der Waals surface area contributed by atoms with Gasteiger partial charge in [0.25, 0.3) is 0 Å². The van der Waals surface area contributed by atoms with Crippen molar-refractivity contribution < 1.29 is 24.5 Å². The van der Waals surface area contributed by atoms with Gasteiger partial charge in [-0.05, 0) is 89.9 Å². The van der Waals surface area contributed by atoms with E-state index in [1.165, 1.54) is 360 Å². The van der Waals surface area contributed by atoms with Gasteiger partial charge in [-0.3, -0.25) is 9.59 Å². The van der Waals surface area contributed by atoms with Gasteiger partial charge < -0.3 is 20.3 Å². The highest BCUT2D eigenvalue weighted by atomic mass is 16.5. The van der Waals surface area contributed by atoms with E-state index in [9.17, 15) is 19.8 Å². The number of hydrogen-bond donors (Lipinski definition) is 3. The van der Waals surface area contributed by atoms with Crippen molar-refractivity contribution in [2.75, 3.05) is 13.2 Å². The molecular formula is C82H155NO5. The quantitative estimate of drug-likeness (QED) is 0.0320. The van der Waals surface area contributed by atoms with Gasteiger partial charge in [-0.1, -0.05) is 383 Å². The van der Waals surface area contributed by atoms with Crippen LogP contribution >= 0.6 is 0 Å². The molecule has 0 aliphatic heterocycles. The zero-order valence-electron chi connectivity index (χ0n) is 59.5. The highest BCUT2D eigenvalue weighted by molar-refractivity contribution is 5.76. The number of aliphatic hydroxyl groups excluding tert-OH is 2. The summed E-state index contributed by atoms with van der Waals surface area (Å²) in [6.45, 7) is 4.92. The van der Waals surface area contributed by atoms with Gasteiger partial charge in [0.15, 0.2) is 0 Å². The van der Waals surface area contributed by atoms with Crippen molar-refractivity contribution in [3.63, 3.8) is 0 Å². The van der Waals surface area contributed by atoms with Gasteiger partial charge in [-0.25, -0.2) is 0 Å². The van der Waals surface area contributed by atoms with Crippen LogP contribution in [0, 0.1) is 0 Å². The van der Waals surface area contributed by atoms with Crippen molar-refractivity contribution in [2.24, 2.45) is 0 Å². The number of amides is 1. The lowest BCUT2D eigenvalue weighted by Crippen LogP contribution is -2.45. The van der Waals surface area contributed by atoms with Crippen LogP contribution in [0.25, 0.3) is 0 Å². The van der Waals surface area contributed by atoms with E-state index >= 15 is 0 Å². The summed E-state index contributed by atoms with van der Waals surface area (Å²) in [5.41, 5.74) is 0. The highest BCUT2D eigenvalue weighted by Gasteiger charge is 2.18. The SMILES string of the molecule is CCCCC/C=C\CCCCCCCC(=O)OCCCCCCCCCCCCC/C=C\C/C=C\CCCCCCCCCCCCCCCCCCCC(=O)NC(CO)C(O)/C=C/CCCCCCCCCCCCCCCCCCCCCCCC. The van der Waals surface area contributed by atoms with Gasteiger partial charge in [-0.15, -0.1) is 0 Å². The van der Waals surface area contributed by atoms with E-state index in [4.69, 9.17) is 4.74 Å². The molecule has 0 aromatic heterocycles. The largest absolute Gasteiger partial charge is 0.466 e. The minimum atomic E-state index is -0.845. The molecule has 88 heavy (non-hydrogen) atoms. The van der Waals surface area contributed by atoms with E-state index in [2.05, 4.69) is 55.6 Å². The molecule has 0 saturated heterocycles.